The number of aliphatic carboxylic acids is 1. The van der Waals surface area contributed by atoms with Crippen molar-refractivity contribution in [2.45, 2.75) is 24.2 Å². The molecule has 2 heterocycles. The number of methoxy groups -OCH3 is 2. The number of carboxylic acids is 1. The maximum absolute atomic E-state index is 12.9. The zero-order chi connectivity index (χ0) is 22.8. The summed E-state index contributed by atoms with van der Waals surface area (Å²) >= 11 is 0. The van der Waals surface area contributed by atoms with Crippen LogP contribution in [0.5, 0.6) is 5.75 Å². The number of fused-ring (bicyclic) bond motifs is 1. The molecule has 4 bridgehead atoms. The minimum Gasteiger partial charge on any atom is -0.508 e. The number of carboxylic acid groups (broad SMARTS) is 1. The number of ether oxygens (including phenoxy) is 3. The van der Waals surface area contributed by atoms with Gasteiger partial charge in [-0.05, 0) is 30.4 Å². The Morgan fingerprint density at radius 3 is 2.56 bits per heavy atom. The van der Waals surface area contributed by atoms with Gasteiger partial charge in [-0.15, -0.1) is 0 Å². The van der Waals surface area contributed by atoms with Crippen molar-refractivity contribution in [3.63, 3.8) is 0 Å². The molecule has 2 N–H and O–H groups in total. The summed E-state index contributed by atoms with van der Waals surface area (Å²) in [6.07, 6.45) is 2.44. The van der Waals surface area contributed by atoms with Crippen molar-refractivity contribution in [1.82, 2.24) is 0 Å². The summed E-state index contributed by atoms with van der Waals surface area (Å²) in [6, 6.07) is 3.69. The van der Waals surface area contributed by atoms with Gasteiger partial charge in [-0.3, -0.25) is 4.90 Å². The van der Waals surface area contributed by atoms with Crippen molar-refractivity contribution in [3.05, 3.63) is 47.2 Å². The highest BCUT2D eigenvalue weighted by Crippen LogP contribution is 2.74. The molecule has 0 spiro atoms. The average Bonchev–Trinajstić information content (AvgIpc) is 3.49. The maximum Gasteiger partial charge on any atom is 0.415 e. The molecule has 0 radical (unpaired) electrons. The van der Waals surface area contributed by atoms with Crippen molar-refractivity contribution in [2.75, 3.05) is 19.1 Å². The van der Waals surface area contributed by atoms with Gasteiger partial charge in [0.2, 0.25) is 0 Å². The number of aromatic hydroxyl groups is 1. The van der Waals surface area contributed by atoms with E-state index < -0.39 is 41.1 Å². The topological polar surface area (TPSA) is 109 Å². The van der Waals surface area contributed by atoms with Crippen LogP contribution in [0, 0.1) is 35.5 Å². The molecule has 1 fully saturated rings. The van der Waals surface area contributed by atoms with Gasteiger partial charge in [-0.25, -0.2) is 9.59 Å². The van der Waals surface area contributed by atoms with Gasteiger partial charge in [0.1, 0.15) is 34.7 Å². The van der Waals surface area contributed by atoms with E-state index in [1.54, 1.807) is 25.1 Å². The first-order chi connectivity index (χ1) is 15.3. The number of hydrogen-bond acceptors (Lipinski definition) is 6. The number of benzene rings is 1. The van der Waals surface area contributed by atoms with Crippen LogP contribution in [-0.4, -0.2) is 48.1 Å². The fourth-order valence-corrected chi connectivity index (χ4v) is 5.48. The fourth-order valence-electron chi connectivity index (χ4n) is 5.48. The number of hydrogen-bond donors (Lipinski definition) is 2. The van der Waals surface area contributed by atoms with Crippen molar-refractivity contribution in [2.24, 2.45) is 11.8 Å². The Hall–Kier alpha value is -3.88. The molecule has 32 heavy (non-hydrogen) atoms. The second-order valence-electron chi connectivity index (χ2n) is 7.93. The largest absolute Gasteiger partial charge is 0.508 e. The zero-order valence-corrected chi connectivity index (χ0v) is 17.5. The Kier molecular flexibility index (Phi) is 4.11. The molecule has 1 saturated heterocycles. The molecular formula is C24H19NO7. The van der Waals surface area contributed by atoms with E-state index in [0.717, 1.165) is 0 Å². The van der Waals surface area contributed by atoms with Crippen molar-refractivity contribution in [3.8, 4) is 29.4 Å². The first-order valence-corrected chi connectivity index (χ1v) is 9.94. The van der Waals surface area contributed by atoms with Crippen LogP contribution in [0.1, 0.15) is 12.5 Å². The lowest BCUT2D eigenvalue weighted by atomic mass is 9.59. The van der Waals surface area contributed by atoms with Crippen LogP contribution in [0.2, 0.25) is 0 Å². The highest BCUT2D eigenvalue weighted by molar-refractivity contribution is 5.95. The summed E-state index contributed by atoms with van der Waals surface area (Å²) in [4.78, 5) is 26.6. The van der Waals surface area contributed by atoms with E-state index >= 15 is 0 Å². The molecule has 5 atom stereocenters. The van der Waals surface area contributed by atoms with Gasteiger partial charge in [0.25, 0.3) is 0 Å². The summed E-state index contributed by atoms with van der Waals surface area (Å²) in [7, 11) is 2.66. The highest BCUT2D eigenvalue weighted by atomic mass is 16.6. The monoisotopic (exact) mass is 433 g/mol. The molecule has 1 aromatic rings. The van der Waals surface area contributed by atoms with Crippen LogP contribution in [0.25, 0.3) is 0 Å². The molecule has 2 aliphatic carbocycles. The van der Waals surface area contributed by atoms with E-state index in [1.165, 1.54) is 31.3 Å². The number of phenols is 1. The minimum absolute atomic E-state index is 0.0182. The number of rotatable bonds is 2. The summed E-state index contributed by atoms with van der Waals surface area (Å²) in [5.74, 6) is 9.43. The van der Waals surface area contributed by atoms with Crippen LogP contribution in [0.15, 0.2) is 41.7 Å². The Balaban J connectivity index is 1.93. The van der Waals surface area contributed by atoms with Gasteiger partial charge in [0, 0.05) is 11.5 Å². The summed E-state index contributed by atoms with van der Waals surface area (Å²) in [5, 5.41) is 20.4. The first-order valence-electron chi connectivity index (χ1n) is 9.94. The number of anilines is 1. The van der Waals surface area contributed by atoms with E-state index in [-0.39, 0.29) is 17.1 Å². The van der Waals surface area contributed by atoms with Gasteiger partial charge < -0.3 is 24.4 Å². The third-order valence-corrected chi connectivity index (χ3v) is 6.70. The maximum atomic E-state index is 12.9. The minimum atomic E-state index is -1.24. The third kappa shape index (κ3) is 2.17. The van der Waals surface area contributed by atoms with Gasteiger partial charge in [0.05, 0.1) is 25.5 Å². The smallest absolute Gasteiger partial charge is 0.415 e. The molecule has 2 aliphatic heterocycles. The second kappa shape index (κ2) is 6.56. The zero-order valence-electron chi connectivity index (χ0n) is 17.5. The molecule has 0 aromatic heterocycles. The molecule has 0 unspecified atom stereocenters. The molecule has 8 heteroatoms. The van der Waals surface area contributed by atoms with Gasteiger partial charge in [-0.1, -0.05) is 30.6 Å². The van der Waals surface area contributed by atoms with Crippen molar-refractivity contribution in [1.29, 1.82) is 0 Å². The lowest BCUT2D eigenvalue weighted by Crippen LogP contribution is -2.60. The van der Waals surface area contributed by atoms with Gasteiger partial charge >= 0.3 is 12.1 Å². The van der Waals surface area contributed by atoms with E-state index in [1.807, 2.05) is 0 Å². The Bertz CT molecular complexity index is 1260. The summed E-state index contributed by atoms with van der Waals surface area (Å²) in [6.45, 7) is 1.72. The molecule has 162 valence electrons. The summed E-state index contributed by atoms with van der Waals surface area (Å²) in [5.41, 5.74) is -1.46. The lowest BCUT2D eigenvalue weighted by Gasteiger charge is -2.45. The molecule has 1 aromatic carbocycles. The van der Waals surface area contributed by atoms with Crippen LogP contribution < -0.4 is 4.90 Å². The van der Waals surface area contributed by atoms with Crippen LogP contribution in [-0.2, 0) is 24.6 Å². The van der Waals surface area contributed by atoms with E-state index in [9.17, 15) is 19.8 Å². The van der Waals surface area contributed by atoms with Crippen molar-refractivity contribution >= 4 is 17.7 Å². The van der Waals surface area contributed by atoms with E-state index in [2.05, 4.69) is 23.7 Å². The Morgan fingerprint density at radius 1 is 1.19 bits per heavy atom. The van der Waals surface area contributed by atoms with Gasteiger partial charge in [0.15, 0.2) is 0 Å². The number of carbonyl (C=O) groups excluding carboxylic acids is 1. The quantitative estimate of drug-likeness (QED) is 0.543. The summed E-state index contributed by atoms with van der Waals surface area (Å²) < 4.78 is 17.2. The molecule has 8 nitrogen and oxygen atoms in total. The lowest BCUT2D eigenvalue weighted by molar-refractivity contribution is -0.134. The predicted molar refractivity (Wildman–Crippen MR) is 111 cm³/mol. The van der Waals surface area contributed by atoms with Gasteiger partial charge in [-0.2, -0.15) is 0 Å². The number of carbonyl (C=O) groups is 2. The SMILES string of the molecule is COC(=O)N1c2ccc(O)cc2[C@@]23O[C@@]24[C@@H]1C#C/C=C\C#C[C@H]3C(OC)=C(C(=O)O)[C@@H]4C. The van der Waals surface area contributed by atoms with E-state index in [4.69, 9.17) is 14.2 Å². The fraction of sp³-hybridized carbons (Fsp3) is 0.333. The number of amides is 1. The molecular weight excluding hydrogens is 414 g/mol. The third-order valence-electron chi connectivity index (χ3n) is 6.70. The molecule has 5 rings (SSSR count). The predicted octanol–water partition coefficient (Wildman–Crippen LogP) is 2.14. The first kappa shape index (κ1) is 20.0. The van der Waals surface area contributed by atoms with Crippen LogP contribution in [0.4, 0.5) is 10.5 Å². The number of nitrogens with zero attached hydrogens (tertiary/aromatic N) is 1. The standard InChI is InChI=1S/C24H19NO7/c1-13-19(21(27)28)20(30-2)15-8-6-4-5-7-9-18-23(13)24(15,32-23)16-12-14(26)10-11-17(16)25(18)22(29)31-3/h4-5,10-13,15,18,26H,1-3H3,(H,27,28)/b5-4-/t13-,15-,18-,23-,24+/m0/s1. The Labute approximate surface area is 184 Å². The normalized spacial score (nSPS) is 33.8. The van der Waals surface area contributed by atoms with Crippen LogP contribution >= 0.6 is 0 Å². The molecule has 1 amide bonds. The second-order valence-corrected chi connectivity index (χ2v) is 7.93. The number of phenolic OH excluding ortho intramolecular Hbond substituents is 1. The number of allylic oxidation sites excluding steroid dienone is 2. The Morgan fingerprint density at radius 2 is 1.91 bits per heavy atom. The number of epoxide rings is 1. The van der Waals surface area contributed by atoms with E-state index in [0.29, 0.717) is 11.3 Å². The van der Waals surface area contributed by atoms with Crippen LogP contribution in [0.3, 0.4) is 0 Å². The highest BCUT2D eigenvalue weighted by Gasteiger charge is 2.86. The van der Waals surface area contributed by atoms with Crippen molar-refractivity contribution < 1.29 is 34.0 Å². The average molecular weight is 433 g/mol. The molecule has 4 aliphatic rings. The molecule has 0 saturated carbocycles.